The Labute approximate surface area is 239 Å². The molecule has 12 heteroatoms. The van der Waals surface area contributed by atoms with Crippen LogP contribution in [-0.2, 0) is 31.3 Å². The molecule has 1 saturated heterocycles. The van der Waals surface area contributed by atoms with Crippen molar-refractivity contribution in [3.63, 3.8) is 0 Å². The molecule has 9 nitrogen and oxygen atoms in total. The van der Waals surface area contributed by atoms with Crippen molar-refractivity contribution in [2.45, 2.75) is 36.0 Å². The van der Waals surface area contributed by atoms with E-state index in [0.29, 0.717) is 61.1 Å². The van der Waals surface area contributed by atoms with Crippen molar-refractivity contribution < 1.29 is 26.4 Å². The molecule has 0 aromatic heterocycles. The van der Waals surface area contributed by atoms with Crippen LogP contribution in [0, 0.1) is 5.92 Å². The summed E-state index contributed by atoms with van der Waals surface area (Å²) in [6.45, 7) is 3.01. The number of ether oxygens (including phenoxy) is 1. The van der Waals surface area contributed by atoms with Crippen molar-refractivity contribution in [2.75, 3.05) is 35.9 Å². The van der Waals surface area contributed by atoms with Crippen molar-refractivity contribution in [2.24, 2.45) is 5.92 Å². The van der Waals surface area contributed by atoms with Crippen LogP contribution in [0.3, 0.4) is 0 Å². The zero-order valence-electron chi connectivity index (χ0n) is 21.9. The van der Waals surface area contributed by atoms with Gasteiger partial charge in [-0.25, -0.2) is 16.8 Å². The Bertz CT molecular complexity index is 1610. The van der Waals surface area contributed by atoms with Gasteiger partial charge in [-0.2, -0.15) is 4.31 Å². The highest BCUT2D eigenvalue weighted by Crippen LogP contribution is 2.36. The number of anilines is 2. The highest BCUT2D eigenvalue weighted by Gasteiger charge is 2.34. The Hall–Kier alpha value is -3.12. The second kappa shape index (κ2) is 11.4. The minimum absolute atomic E-state index is 0.0589. The van der Waals surface area contributed by atoms with E-state index in [4.69, 9.17) is 16.3 Å². The van der Waals surface area contributed by atoms with E-state index in [2.05, 4.69) is 5.32 Å². The van der Waals surface area contributed by atoms with Gasteiger partial charge in [0.1, 0.15) is 5.75 Å². The van der Waals surface area contributed by atoms with Gasteiger partial charge in [0.2, 0.25) is 15.9 Å². The number of nitrogens with one attached hydrogen (secondary N) is 1. The number of hydrogen-bond acceptors (Lipinski definition) is 6. The van der Waals surface area contributed by atoms with Crippen LogP contribution < -0.4 is 14.4 Å². The number of sulfonamides is 2. The molecular formula is C28H30ClN3O6S2. The second-order valence-electron chi connectivity index (χ2n) is 9.72. The predicted octanol–water partition coefficient (Wildman–Crippen LogP) is 4.53. The van der Waals surface area contributed by atoms with E-state index in [9.17, 15) is 21.6 Å². The first-order chi connectivity index (χ1) is 19.1. The largest absolute Gasteiger partial charge is 0.494 e. The third-order valence-corrected chi connectivity index (χ3v) is 11.1. The van der Waals surface area contributed by atoms with E-state index in [-0.39, 0.29) is 22.2 Å². The van der Waals surface area contributed by atoms with Crippen LogP contribution in [0.5, 0.6) is 5.75 Å². The van der Waals surface area contributed by atoms with Gasteiger partial charge in [-0.05, 0) is 92.4 Å². The molecule has 0 saturated carbocycles. The maximum Gasteiger partial charge on any atom is 0.264 e. The van der Waals surface area contributed by atoms with Crippen molar-refractivity contribution in [1.29, 1.82) is 0 Å². The lowest BCUT2D eigenvalue weighted by atomic mass is 9.98. The molecule has 5 rings (SSSR count). The third-order valence-electron chi connectivity index (χ3n) is 7.13. The quantitative estimate of drug-likeness (QED) is 0.405. The molecule has 0 radical (unpaired) electrons. The third kappa shape index (κ3) is 5.69. The van der Waals surface area contributed by atoms with Gasteiger partial charge in [-0.3, -0.25) is 9.10 Å². The zero-order valence-corrected chi connectivity index (χ0v) is 24.3. The Morgan fingerprint density at radius 3 is 2.33 bits per heavy atom. The van der Waals surface area contributed by atoms with Crippen LogP contribution in [0.4, 0.5) is 11.4 Å². The molecule has 1 N–H and O–H groups in total. The fourth-order valence-corrected chi connectivity index (χ4v) is 8.20. The first kappa shape index (κ1) is 28.4. The Morgan fingerprint density at radius 2 is 1.62 bits per heavy atom. The van der Waals surface area contributed by atoms with E-state index in [1.54, 1.807) is 24.3 Å². The second-order valence-corrected chi connectivity index (χ2v) is 14.0. The van der Waals surface area contributed by atoms with E-state index in [1.807, 2.05) is 13.0 Å². The lowest BCUT2D eigenvalue weighted by Gasteiger charge is -2.31. The summed E-state index contributed by atoms with van der Waals surface area (Å²) in [4.78, 5) is 13.5. The first-order valence-corrected chi connectivity index (χ1v) is 16.3. The summed E-state index contributed by atoms with van der Waals surface area (Å²) in [5.74, 6) is -0.267. The molecule has 212 valence electrons. The molecule has 2 heterocycles. The average Bonchev–Trinajstić information content (AvgIpc) is 3.38. The molecule has 1 fully saturated rings. The van der Waals surface area contributed by atoms with Crippen LogP contribution in [0.1, 0.15) is 25.3 Å². The molecule has 1 atom stereocenters. The monoisotopic (exact) mass is 603 g/mol. The molecule has 2 aliphatic rings. The van der Waals surface area contributed by atoms with Gasteiger partial charge in [0.05, 0.1) is 28.0 Å². The van der Waals surface area contributed by atoms with Crippen LogP contribution in [-0.4, -0.2) is 53.3 Å². The summed E-state index contributed by atoms with van der Waals surface area (Å²) in [6, 6.07) is 17.5. The molecular weight excluding hydrogens is 574 g/mol. The van der Waals surface area contributed by atoms with Gasteiger partial charge in [0.15, 0.2) is 0 Å². The number of fused-ring (bicyclic) bond motifs is 1. The normalized spacial score (nSPS) is 17.9. The van der Waals surface area contributed by atoms with Crippen molar-refractivity contribution in [1.82, 2.24) is 4.31 Å². The molecule has 3 aromatic rings. The number of hydrogen-bond donors (Lipinski definition) is 1. The van der Waals surface area contributed by atoms with Gasteiger partial charge in [0, 0.05) is 30.3 Å². The molecule has 3 aromatic carbocycles. The van der Waals surface area contributed by atoms with Gasteiger partial charge in [-0.1, -0.05) is 17.7 Å². The van der Waals surface area contributed by atoms with Crippen molar-refractivity contribution >= 4 is 48.9 Å². The van der Waals surface area contributed by atoms with Gasteiger partial charge in [-0.15, -0.1) is 0 Å². The number of carbonyl (C=O) groups is 1. The van der Waals surface area contributed by atoms with Crippen molar-refractivity contribution in [3.05, 3.63) is 77.3 Å². The number of piperidine rings is 1. The molecule has 1 amide bonds. The number of amides is 1. The van der Waals surface area contributed by atoms with Gasteiger partial charge >= 0.3 is 0 Å². The lowest BCUT2D eigenvalue weighted by molar-refractivity contribution is -0.120. The predicted molar refractivity (Wildman–Crippen MR) is 154 cm³/mol. The Morgan fingerprint density at radius 1 is 0.950 bits per heavy atom. The van der Waals surface area contributed by atoms with E-state index >= 15 is 0 Å². The molecule has 0 unspecified atom stereocenters. The number of nitrogens with zero attached hydrogens (tertiary/aromatic N) is 2. The zero-order chi connectivity index (χ0) is 28.5. The molecule has 2 aliphatic heterocycles. The van der Waals surface area contributed by atoms with Crippen LogP contribution in [0.25, 0.3) is 0 Å². The number of rotatable bonds is 8. The standard InChI is InChI=1S/C28H30ClN3O6S2/c1-2-38-24-9-13-25(14-10-24)39(34,35)31-16-3-4-21(19-31)28(33)30-23-8-5-20-15-17-32(27(20)18-23)40(36,37)26-11-6-22(29)7-12-26/h5-14,18,21H,2-4,15-17,19H2,1H3,(H,30,33)/t21-/m0/s1. The minimum Gasteiger partial charge on any atom is -0.494 e. The topological polar surface area (TPSA) is 113 Å². The summed E-state index contributed by atoms with van der Waals surface area (Å²) >= 11 is 5.93. The molecule has 0 aliphatic carbocycles. The minimum atomic E-state index is -3.81. The van der Waals surface area contributed by atoms with Crippen LogP contribution in [0.15, 0.2) is 76.5 Å². The van der Waals surface area contributed by atoms with Crippen molar-refractivity contribution in [3.8, 4) is 5.75 Å². The van der Waals surface area contributed by atoms with E-state index in [1.165, 1.54) is 45.0 Å². The van der Waals surface area contributed by atoms with Crippen LogP contribution >= 0.6 is 11.6 Å². The highest BCUT2D eigenvalue weighted by molar-refractivity contribution is 7.92. The highest BCUT2D eigenvalue weighted by atomic mass is 35.5. The van der Waals surface area contributed by atoms with Gasteiger partial charge in [0.25, 0.3) is 10.0 Å². The maximum atomic E-state index is 13.3. The number of benzene rings is 3. The van der Waals surface area contributed by atoms with E-state index in [0.717, 1.165) is 5.56 Å². The van der Waals surface area contributed by atoms with Gasteiger partial charge < -0.3 is 10.1 Å². The number of carbonyl (C=O) groups excluding carboxylic acids is 1. The van der Waals surface area contributed by atoms with Crippen LogP contribution in [0.2, 0.25) is 5.02 Å². The molecule has 0 bridgehead atoms. The average molecular weight is 604 g/mol. The maximum absolute atomic E-state index is 13.3. The smallest absolute Gasteiger partial charge is 0.264 e. The summed E-state index contributed by atoms with van der Waals surface area (Å²) < 4.78 is 61.2. The number of halogens is 1. The fourth-order valence-electron chi connectivity index (χ4n) is 5.05. The molecule has 0 spiro atoms. The summed E-state index contributed by atoms with van der Waals surface area (Å²) in [5.41, 5.74) is 1.82. The Balaban J connectivity index is 1.30. The fraction of sp³-hybridized carbons (Fsp3) is 0.321. The first-order valence-electron chi connectivity index (χ1n) is 13.0. The summed E-state index contributed by atoms with van der Waals surface area (Å²) in [5, 5.41) is 3.32. The SMILES string of the molecule is CCOc1ccc(S(=O)(=O)N2CCC[C@H](C(=O)Nc3ccc4c(c3)N(S(=O)(=O)c3ccc(Cl)cc3)CC4)C2)cc1. The summed E-state index contributed by atoms with van der Waals surface area (Å²) in [6.07, 6.45) is 1.65. The van der Waals surface area contributed by atoms with E-state index < -0.39 is 26.0 Å². The lowest BCUT2D eigenvalue weighted by Crippen LogP contribution is -2.43. The summed E-state index contributed by atoms with van der Waals surface area (Å²) in [7, 11) is -7.59. The Kier molecular flexibility index (Phi) is 8.10. The molecule has 40 heavy (non-hydrogen) atoms.